The minimum absolute atomic E-state index is 0.286. The van der Waals surface area contributed by atoms with Crippen LogP contribution in [0.2, 0.25) is 0 Å². The van der Waals surface area contributed by atoms with E-state index >= 15 is 0 Å². The molecule has 30 heavy (non-hydrogen) atoms. The molecule has 3 rings (SSSR count). The number of hydrogen-bond acceptors (Lipinski definition) is 4. The van der Waals surface area contributed by atoms with Gasteiger partial charge < -0.3 is 14.8 Å². The lowest BCUT2D eigenvalue weighted by atomic mass is 9.86. The van der Waals surface area contributed by atoms with Crippen LogP contribution in [0.15, 0.2) is 84.9 Å². The second-order valence-corrected chi connectivity index (χ2v) is 6.84. The maximum absolute atomic E-state index is 13.3. The molecule has 5 heteroatoms. The van der Waals surface area contributed by atoms with Gasteiger partial charge in [-0.25, -0.2) is 4.79 Å². The van der Waals surface area contributed by atoms with Crippen LogP contribution in [0.1, 0.15) is 23.6 Å². The molecular weight excluding hydrogens is 378 g/mol. The summed E-state index contributed by atoms with van der Waals surface area (Å²) >= 11 is 0. The van der Waals surface area contributed by atoms with Crippen LogP contribution in [0.25, 0.3) is 0 Å². The minimum atomic E-state index is -1.46. The van der Waals surface area contributed by atoms with Crippen molar-refractivity contribution < 1.29 is 19.1 Å². The molecule has 0 unspecified atom stereocenters. The lowest BCUT2D eigenvalue weighted by Gasteiger charge is -2.32. The van der Waals surface area contributed by atoms with Gasteiger partial charge in [0, 0.05) is 12.3 Å². The van der Waals surface area contributed by atoms with Crippen LogP contribution in [0.4, 0.5) is 5.69 Å². The Morgan fingerprint density at radius 1 is 0.833 bits per heavy atom. The van der Waals surface area contributed by atoms with Gasteiger partial charge in [-0.2, -0.15) is 0 Å². The second-order valence-electron chi connectivity index (χ2n) is 6.84. The topological polar surface area (TPSA) is 64.6 Å². The van der Waals surface area contributed by atoms with E-state index in [4.69, 9.17) is 9.47 Å². The van der Waals surface area contributed by atoms with Crippen molar-refractivity contribution in [3.05, 3.63) is 102 Å². The van der Waals surface area contributed by atoms with Crippen molar-refractivity contribution in [3.63, 3.8) is 0 Å². The molecule has 0 aliphatic rings. The van der Waals surface area contributed by atoms with E-state index in [1.165, 1.54) is 0 Å². The highest BCUT2D eigenvalue weighted by Crippen LogP contribution is 2.35. The zero-order valence-electron chi connectivity index (χ0n) is 17.1. The Kier molecular flexibility index (Phi) is 6.99. The van der Waals surface area contributed by atoms with Crippen molar-refractivity contribution in [2.75, 3.05) is 18.5 Å². The van der Waals surface area contributed by atoms with Gasteiger partial charge in [0.05, 0.1) is 0 Å². The summed E-state index contributed by atoms with van der Waals surface area (Å²) in [7, 11) is 0. The Balaban J connectivity index is 1.83. The Morgan fingerprint density at radius 3 is 1.87 bits per heavy atom. The quantitative estimate of drug-likeness (QED) is 0.564. The normalized spacial score (nSPS) is 11.0. The molecular formula is C25H25NO4. The zero-order chi connectivity index (χ0) is 21.4. The summed E-state index contributed by atoms with van der Waals surface area (Å²) in [5.74, 6) is -1.06. The van der Waals surface area contributed by atoms with E-state index in [1.54, 1.807) is 12.1 Å². The minimum Gasteiger partial charge on any atom is -0.453 e. The fourth-order valence-electron chi connectivity index (χ4n) is 3.26. The molecule has 0 heterocycles. The Hall–Kier alpha value is -3.44. The lowest BCUT2D eigenvalue weighted by Crippen LogP contribution is -2.42. The van der Waals surface area contributed by atoms with E-state index in [0.29, 0.717) is 16.8 Å². The number of benzene rings is 3. The number of rotatable bonds is 8. The molecule has 0 radical (unpaired) electrons. The van der Waals surface area contributed by atoms with Crippen molar-refractivity contribution in [3.8, 4) is 0 Å². The van der Waals surface area contributed by atoms with Crippen LogP contribution in [0.5, 0.6) is 0 Å². The molecule has 0 saturated carbocycles. The maximum Gasteiger partial charge on any atom is 0.348 e. The third-order valence-electron chi connectivity index (χ3n) is 4.68. The summed E-state index contributed by atoms with van der Waals surface area (Å²) in [5.41, 5.74) is 1.56. The summed E-state index contributed by atoms with van der Waals surface area (Å²) in [4.78, 5) is 25.7. The predicted octanol–water partition coefficient (Wildman–Crippen LogP) is 4.46. The number of nitrogens with one attached hydrogen (secondary N) is 1. The fraction of sp³-hybridized carbons (Fsp3) is 0.200. The van der Waals surface area contributed by atoms with Crippen molar-refractivity contribution in [2.24, 2.45) is 0 Å². The van der Waals surface area contributed by atoms with Crippen molar-refractivity contribution >= 4 is 17.6 Å². The molecule has 0 aliphatic heterocycles. The van der Waals surface area contributed by atoms with E-state index in [2.05, 4.69) is 5.32 Å². The van der Waals surface area contributed by atoms with Gasteiger partial charge in [0.1, 0.15) is 0 Å². The number of aryl methyl sites for hydroxylation is 1. The number of hydrogen-bond donors (Lipinski definition) is 1. The van der Waals surface area contributed by atoms with Crippen LogP contribution in [0, 0.1) is 6.92 Å². The van der Waals surface area contributed by atoms with Crippen LogP contribution in [-0.4, -0.2) is 25.1 Å². The third-order valence-corrected chi connectivity index (χ3v) is 4.68. The highest BCUT2D eigenvalue weighted by molar-refractivity contribution is 5.94. The first-order valence-electron chi connectivity index (χ1n) is 9.85. The van der Waals surface area contributed by atoms with Crippen LogP contribution < -0.4 is 5.32 Å². The first-order chi connectivity index (χ1) is 14.6. The van der Waals surface area contributed by atoms with Crippen molar-refractivity contribution in [1.82, 2.24) is 0 Å². The van der Waals surface area contributed by atoms with Gasteiger partial charge in [0.15, 0.2) is 6.61 Å². The summed E-state index contributed by atoms with van der Waals surface area (Å²) in [6.45, 7) is 3.65. The summed E-state index contributed by atoms with van der Waals surface area (Å²) in [5, 5.41) is 2.73. The molecule has 0 aromatic heterocycles. The SMILES string of the molecule is CCOC(C(=O)OCC(=O)Nc1ccc(C)cc1)(c1ccccc1)c1ccccc1. The van der Waals surface area contributed by atoms with Crippen LogP contribution >= 0.6 is 0 Å². The molecule has 3 aromatic carbocycles. The van der Waals surface area contributed by atoms with Crippen molar-refractivity contribution in [2.45, 2.75) is 19.4 Å². The van der Waals surface area contributed by atoms with Gasteiger partial charge in [0.25, 0.3) is 5.91 Å². The van der Waals surface area contributed by atoms with Gasteiger partial charge >= 0.3 is 5.97 Å². The molecule has 5 nitrogen and oxygen atoms in total. The molecule has 0 fully saturated rings. The number of carbonyl (C=O) groups is 2. The summed E-state index contributed by atoms with van der Waals surface area (Å²) in [6, 6.07) is 25.7. The predicted molar refractivity (Wildman–Crippen MR) is 116 cm³/mol. The van der Waals surface area contributed by atoms with Gasteiger partial charge in [-0.1, -0.05) is 78.4 Å². The number of anilines is 1. The molecule has 0 aliphatic carbocycles. The Labute approximate surface area is 176 Å². The average molecular weight is 403 g/mol. The van der Waals surface area contributed by atoms with Gasteiger partial charge in [-0.05, 0) is 37.1 Å². The van der Waals surface area contributed by atoms with E-state index in [-0.39, 0.29) is 6.61 Å². The van der Waals surface area contributed by atoms with Crippen molar-refractivity contribution in [1.29, 1.82) is 0 Å². The number of ether oxygens (including phenoxy) is 2. The fourth-order valence-corrected chi connectivity index (χ4v) is 3.26. The molecule has 0 bridgehead atoms. The number of esters is 1. The highest BCUT2D eigenvalue weighted by atomic mass is 16.6. The second kappa shape index (κ2) is 9.85. The largest absolute Gasteiger partial charge is 0.453 e. The van der Waals surface area contributed by atoms with Gasteiger partial charge in [0.2, 0.25) is 5.60 Å². The van der Waals surface area contributed by atoms with E-state index < -0.39 is 24.1 Å². The average Bonchev–Trinajstić information content (AvgIpc) is 2.78. The van der Waals surface area contributed by atoms with E-state index in [1.807, 2.05) is 86.6 Å². The Bertz CT molecular complexity index is 930. The molecule has 154 valence electrons. The number of amides is 1. The molecule has 1 N–H and O–H groups in total. The smallest absolute Gasteiger partial charge is 0.348 e. The molecule has 0 atom stereocenters. The summed E-state index contributed by atoms with van der Waals surface area (Å²) in [6.07, 6.45) is 0. The van der Waals surface area contributed by atoms with E-state index in [9.17, 15) is 9.59 Å². The van der Waals surface area contributed by atoms with Crippen LogP contribution in [-0.2, 0) is 24.7 Å². The monoisotopic (exact) mass is 403 g/mol. The lowest BCUT2D eigenvalue weighted by molar-refractivity contribution is -0.169. The molecule has 0 spiro atoms. The summed E-state index contributed by atoms with van der Waals surface area (Å²) < 4.78 is 11.5. The molecule has 3 aromatic rings. The third kappa shape index (κ3) is 4.75. The van der Waals surface area contributed by atoms with Crippen LogP contribution in [0.3, 0.4) is 0 Å². The maximum atomic E-state index is 13.3. The molecule has 1 amide bonds. The first-order valence-corrected chi connectivity index (χ1v) is 9.85. The molecule has 0 saturated heterocycles. The number of carbonyl (C=O) groups excluding carboxylic acids is 2. The van der Waals surface area contributed by atoms with Gasteiger partial charge in [-0.3, -0.25) is 4.79 Å². The standard InChI is InChI=1S/C25H25NO4/c1-3-30-25(20-10-6-4-7-11-20,21-12-8-5-9-13-21)24(28)29-18-23(27)26-22-16-14-19(2)15-17-22/h4-17H,3,18H2,1-2H3,(H,26,27). The highest BCUT2D eigenvalue weighted by Gasteiger charge is 2.45. The zero-order valence-corrected chi connectivity index (χ0v) is 17.1. The van der Waals surface area contributed by atoms with Gasteiger partial charge in [-0.15, -0.1) is 0 Å². The van der Waals surface area contributed by atoms with E-state index in [0.717, 1.165) is 5.56 Å². The first kappa shape index (κ1) is 21.3. The Morgan fingerprint density at radius 2 is 1.37 bits per heavy atom.